The summed E-state index contributed by atoms with van der Waals surface area (Å²) in [4.78, 5) is 7.31. The molecule has 11 aromatic rings. The molecule has 5 heteroatoms. The Morgan fingerprint density at radius 2 is 1.00 bits per heavy atom. The maximum atomic E-state index is 6.61. The molecule has 5 nitrogen and oxygen atoms in total. The van der Waals surface area contributed by atoms with Gasteiger partial charge in [0, 0.05) is 50.3 Å². The number of aromatic nitrogens is 1. The van der Waals surface area contributed by atoms with Gasteiger partial charge in [-0.15, -0.1) is 0 Å². The maximum Gasteiger partial charge on any atom is 0.227 e. The molecule has 0 N–H and O–H groups in total. The smallest absolute Gasteiger partial charge is 0.227 e. The fourth-order valence-corrected chi connectivity index (χ4v) is 7.80. The van der Waals surface area contributed by atoms with Crippen molar-refractivity contribution in [3.63, 3.8) is 0 Å². The molecule has 0 aliphatic heterocycles. The highest BCUT2D eigenvalue weighted by molar-refractivity contribution is 6.20. The monoisotopic (exact) mass is 694 g/mol. The fourth-order valence-electron chi connectivity index (χ4n) is 7.80. The molecule has 0 amide bonds. The van der Waals surface area contributed by atoms with E-state index in [0.717, 1.165) is 94.3 Å². The molecule has 54 heavy (non-hydrogen) atoms. The molecule has 0 aliphatic rings. The van der Waals surface area contributed by atoms with Crippen molar-refractivity contribution in [2.75, 3.05) is 4.90 Å². The molecule has 0 radical (unpaired) electrons. The van der Waals surface area contributed by atoms with Gasteiger partial charge in [-0.3, -0.25) is 0 Å². The molecule has 0 saturated heterocycles. The maximum absolute atomic E-state index is 6.61. The Kier molecular flexibility index (Phi) is 6.79. The van der Waals surface area contributed by atoms with Gasteiger partial charge in [-0.2, -0.15) is 0 Å². The van der Waals surface area contributed by atoms with Gasteiger partial charge in [0.15, 0.2) is 5.58 Å². The van der Waals surface area contributed by atoms with Crippen molar-refractivity contribution < 1.29 is 13.3 Å². The Labute approximate surface area is 309 Å². The predicted octanol–water partition coefficient (Wildman–Crippen LogP) is 14.1. The van der Waals surface area contributed by atoms with Crippen molar-refractivity contribution in [3.8, 4) is 33.7 Å². The van der Waals surface area contributed by atoms with Crippen LogP contribution < -0.4 is 4.90 Å². The van der Waals surface area contributed by atoms with Crippen molar-refractivity contribution in [1.82, 2.24) is 4.98 Å². The molecule has 254 valence electrons. The third-order valence-corrected chi connectivity index (χ3v) is 10.3. The van der Waals surface area contributed by atoms with Crippen LogP contribution in [0.15, 0.2) is 195 Å². The van der Waals surface area contributed by atoms with Gasteiger partial charge in [0.25, 0.3) is 0 Å². The number of nitrogens with zero attached hydrogens (tertiary/aromatic N) is 2. The van der Waals surface area contributed by atoms with E-state index >= 15 is 0 Å². The van der Waals surface area contributed by atoms with E-state index in [1.807, 2.05) is 60.7 Å². The molecule has 3 aromatic heterocycles. The molecule has 3 heterocycles. The van der Waals surface area contributed by atoms with Gasteiger partial charge < -0.3 is 18.2 Å². The van der Waals surface area contributed by atoms with Gasteiger partial charge in [-0.25, -0.2) is 4.98 Å². The zero-order valence-electron chi connectivity index (χ0n) is 28.9. The summed E-state index contributed by atoms with van der Waals surface area (Å²) in [5.74, 6) is 0.582. The number of oxazole rings is 1. The molecule has 0 bridgehead atoms. The number of fused-ring (bicyclic) bond motifs is 8. The van der Waals surface area contributed by atoms with E-state index in [0.29, 0.717) is 11.5 Å². The molecule has 8 aromatic carbocycles. The Balaban J connectivity index is 1.09. The van der Waals surface area contributed by atoms with Gasteiger partial charge in [-0.1, -0.05) is 115 Å². The second kappa shape index (κ2) is 12.1. The van der Waals surface area contributed by atoms with E-state index in [2.05, 4.69) is 126 Å². The average Bonchev–Trinajstić information content (AvgIpc) is 3.95. The van der Waals surface area contributed by atoms with E-state index in [9.17, 15) is 0 Å². The number of furan rings is 2. The van der Waals surface area contributed by atoms with Crippen LogP contribution >= 0.6 is 0 Å². The van der Waals surface area contributed by atoms with Crippen molar-refractivity contribution in [2.24, 2.45) is 0 Å². The second-order valence-corrected chi connectivity index (χ2v) is 13.5. The molecule has 0 saturated carbocycles. The van der Waals surface area contributed by atoms with Crippen molar-refractivity contribution in [3.05, 3.63) is 182 Å². The van der Waals surface area contributed by atoms with Crippen molar-refractivity contribution >= 4 is 72.0 Å². The lowest BCUT2D eigenvalue weighted by Crippen LogP contribution is -2.11. The van der Waals surface area contributed by atoms with Crippen LogP contribution in [0.4, 0.5) is 17.1 Å². The average molecular weight is 695 g/mol. The first kappa shape index (κ1) is 30.3. The van der Waals surface area contributed by atoms with Gasteiger partial charge in [-0.05, 0) is 71.8 Å². The Hall–Kier alpha value is -7.37. The quantitative estimate of drug-likeness (QED) is 0.173. The summed E-state index contributed by atoms with van der Waals surface area (Å²) in [6.45, 7) is 0. The summed E-state index contributed by atoms with van der Waals surface area (Å²) < 4.78 is 19.5. The lowest BCUT2D eigenvalue weighted by molar-refractivity contribution is 0.619. The Morgan fingerprint density at radius 3 is 1.80 bits per heavy atom. The number of hydrogen-bond acceptors (Lipinski definition) is 5. The minimum Gasteiger partial charge on any atom is -0.456 e. The van der Waals surface area contributed by atoms with E-state index in [1.165, 1.54) is 0 Å². The highest BCUT2D eigenvalue weighted by atomic mass is 16.4. The fraction of sp³-hybridized carbons (Fsp3) is 0. The van der Waals surface area contributed by atoms with Crippen LogP contribution in [-0.2, 0) is 0 Å². The minimum atomic E-state index is 0.582. The first-order valence-corrected chi connectivity index (χ1v) is 18.0. The van der Waals surface area contributed by atoms with Crippen LogP contribution in [0, 0.1) is 0 Å². The topological polar surface area (TPSA) is 55.6 Å². The van der Waals surface area contributed by atoms with Crippen LogP contribution in [0.25, 0.3) is 88.7 Å². The normalized spacial score (nSPS) is 11.7. The van der Waals surface area contributed by atoms with Crippen molar-refractivity contribution in [1.29, 1.82) is 0 Å². The third kappa shape index (κ3) is 4.83. The molecule has 11 rings (SSSR count). The molecular formula is C49H30N2O3. The highest BCUT2D eigenvalue weighted by Crippen LogP contribution is 2.45. The molecule has 0 aliphatic carbocycles. The summed E-state index contributed by atoms with van der Waals surface area (Å²) >= 11 is 0. The van der Waals surface area contributed by atoms with E-state index in [1.54, 1.807) is 0 Å². The third-order valence-electron chi connectivity index (χ3n) is 10.3. The number of anilines is 3. The van der Waals surface area contributed by atoms with Gasteiger partial charge in [0.2, 0.25) is 5.89 Å². The van der Waals surface area contributed by atoms with Crippen LogP contribution in [0.5, 0.6) is 0 Å². The van der Waals surface area contributed by atoms with Crippen LogP contribution in [0.3, 0.4) is 0 Å². The molecule has 0 fully saturated rings. The number of rotatable bonds is 6. The Bertz CT molecular complexity index is 3160. The predicted molar refractivity (Wildman–Crippen MR) is 220 cm³/mol. The lowest BCUT2D eigenvalue weighted by atomic mass is 9.99. The summed E-state index contributed by atoms with van der Waals surface area (Å²) in [6, 6.07) is 62.6. The van der Waals surface area contributed by atoms with Crippen LogP contribution in [0.2, 0.25) is 0 Å². The zero-order valence-corrected chi connectivity index (χ0v) is 28.9. The largest absolute Gasteiger partial charge is 0.456 e. The first-order chi connectivity index (χ1) is 26.8. The highest BCUT2D eigenvalue weighted by Gasteiger charge is 2.22. The number of benzene rings is 8. The second-order valence-electron chi connectivity index (χ2n) is 13.5. The standard InChI is InChI=1S/C49H30N2O3/c1-3-13-31(14-4-1)36-17-7-10-20-41(36)51(35-27-28-38-37-18-8-11-21-42(37)52-44(38)29-35)34-25-23-32(24-26-34)40-30-45-47(50-49(54-45)33-15-5-2-6-16-33)46-39-19-9-12-22-43(39)53-48(40)46/h1-30H. The van der Waals surface area contributed by atoms with Crippen LogP contribution in [0.1, 0.15) is 0 Å². The summed E-state index contributed by atoms with van der Waals surface area (Å²) in [5.41, 5.74) is 13.0. The summed E-state index contributed by atoms with van der Waals surface area (Å²) in [7, 11) is 0. The van der Waals surface area contributed by atoms with Crippen LogP contribution in [-0.4, -0.2) is 4.98 Å². The number of hydrogen-bond donors (Lipinski definition) is 0. The first-order valence-electron chi connectivity index (χ1n) is 18.0. The minimum absolute atomic E-state index is 0.582. The molecule has 0 atom stereocenters. The van der Waals surface area contributed by atoms with E-state index in [-0.39, 0.29) is 0 Å². The zero-order chi connectivity index (χ0) is 35.6. The lowest BCUT2D eigenvalue weighted by Gasteiger charge is -2.28. The van der Waals surface area contributed by atoms with Crippen molar-refractivity contribution in [2.45, 2.75) is 0 Å². The molecule has 0 spiro atoms. The van der Waals surface area contributed by atoms with Gasteiger partial charge >= 0.3 is 0 Å². The van der Waals surface area contributed by atoms with Gasteiger partial charge in [0.1, 0.15) is 27.8 Å². The van der Waals surface area contributed by atoms with Gasteiger partial charge in [0.05, 0.1) is 11.1 Å². The molecule has 0 unspecified atom stereocenters. The molecular weight excluding hydrogens is 665 g/mol. The van der Waals surface area contributed by atoms with E-state index in [4.69, 9.17) is 18.2 Å². The summed E-state index contributed by atoms with van der Waals surface area (Å²) in [5, 5.41) is 4.16. The van der Waals surface area contributed by atoms with E-state index < -0.39 is 0 Å². The Morgan fingerprint density at radius 1 is 0.389 bits per heavy atom. The number of para-hydroxylation sites is 3. The SMILES string of the molecule is c1ccc(-c2nc3c(cc(-c4ccc(N(c5ccc6c(c5)oc5ccccc56)c5ccccc5-c5ccccc5)cc4)c4oc5ccccc5c43)o2)cc1. The summed E-state index contributed by atoms with van der Waals surface area (Å²) in [6.07, 6.45) is 0.